The molecule has 0 amide bonds. The molecule has 10 nitrogen and oxygen atoms in total. The molecule has 0 bridgehead atoms. The lowest BCUT2D eigenvalue weighted by molar-refractivity contribution is -0.385. The first-order chi connectivity index (χ1) is 11.3. The zero-order valence-electron chi connectivity index (χ0n) is 12.9. The molecule has 0 saturated heterocycles. The number of nitrogens with zero attached hydrogens (tertiary/aromatic N) is 1. The molecular weight excluding hydrogens is 324 g/mol. The van der Waals surface area contributed by atoms with Gasteiger partial charge < -0.3 is 19.2 Å². The standard InChI is InChI=1S/C14H12N2O8/c1-22-9-5-7-6(4-8(9)16(20)21)12(17)10(13(18)23-2)11(15-7)14(19)24-3/h4-5H,1-3H3,(H,15,17). The molecule has 126 valence electrons. The minimum atomic E-state index is -1.07. The van der Waals surface area contributed by atoms with Crippen LogP contribution in [0.5, 0.6) is 5.75 Å². The minimum Gasteiger partial charge on any atom is -0.490 e. The number of ether oxygens (including phenoxy) is 3. The van der Waals surface area contributed by atoms with E-state index in [1.54, 1.807) is 0 Å². The number of nitro benzene ring substituents is 1. The number of fused-ring (bicyclic) bond motifs is 1. The van der Waals surface area contributed by atoms with Crippen molar-refractivity contribution in [2.24, 2.45) is 0 Å². The zero-order chi connectivity index (χ0) is 18.0. The van der Waals surface area contributed by atoms with Crippen molar-refractivity contribution >= 4 is 28.5 Å². The number of nitrogens with one attached hydrogen (secondary N) is 1. The molecule has 0 aliphatic carbocycles. The van der Waals surface area contributed by atoms with Crippen molar-refractivity contribution < 1.29 is 28.7 Å². The molecule has 0 atom stereocenters. The van der Waals surface area contributed by atoms with Crippen LogP contribution in [0.4, 0.5) is 5.69 Å². The van der Waals surface area contributed by atoms with Gasteiger partial charge >= 0.3 is 17.6 Å². The Kier molecular flexibility index (Phi) is 4.49. The molecule has 2 aromatic rings. The molecule has 24 heavy (non-hydrogen) atoms. The van der Waals surface area contributed by atoms with E-state index in [0.717, 1.165) is 20.3 Å². The third kappa shape index (κ3) is 2.64. The van der Waals surface area contributed by atoms with Crippen molar-refractivity contribution in [2.45, 2.75) is 0 Å². The molecule has 1 heterocycles. The van der Waals surface area contributed by atoms with Gasteiger partial charge in [-0.2, -0.15) is 0 Å². The summed E-state index contributed by atoms with van der Waals surface area (Å²) in [6.45, 7) is 0. The molecule has 2 rings (SSSR count). The van der Waals surface area contributed by atoms with Crippen molar-refractivity contribution in [1.29, 1.82) is 0 Å². The normalized spacial score (nSPS) is 10.3. The highest BCUT2D eigenvalue weighted by molar-refractivity contribution is 6.05. The molecule has 0 fully saturated rings. The van der Waals surface area contributed by atoms with Gasteiger partial charge in [0.2, 0.25) is 5.43 Å². The second-order valence-corrected chi connectivity index (χ2v) is 4.51. The number of hydrogen-bond donors (Lipinski definition) is 1. The van der Waals surface area contributed by atoms with E-state index in [-0.39, 0.29) is 16.7 Å². The second-order valence-electron chi connectivity index (χ2n) is 4.51. The van der Waals surface area contributed by atoms with Crippen molar-refractivity contribution in [3.05, 3.63) is 43.7 Å². The van der Waals surface area contributed by atoms with Gasteiger partial charge in [0, 0.05) is 12.1 Å². The Balaban J connectivity index is 2.96. The van der Waals surface area contributed by atoms with Gasteiger partial charge in [0.15, 0.2) is 5.75 Å². The molecule has 0 aliphatic rings. The Morgan fingerprint density at radius 1 is 1.12 bits per heavy atom. The maximum atomic E-state index is 12.6. The summed E-state index contributed by atoms with van der Waals surface area (Å²) < 4.78 is 13.9. The van der Waals surface area contributed by atoms with Gasteiger partial charge in [0.25, 0.3) is 0 Å². The van der Waals surface area contributed by atoms with Crippen LogP contribution in [0.2, 0.25) is 0 Å². The second kappa shape index (κ2) is 6.36. The molecule has 0 radical (unpaired) electrons. The van der Waals surface area contributed by atoms with Crippen molar-refractivity contribution in [2.75, 3.05) is 21.3 Å². The van der Waals surface area contributed by atoms with Crippen molar-refractivity contribution in [1.82, 2.24) is 4.98 Å². The maximum absolute atomic E-state index is 12.6. The number of rotatable bonds is 4. The molecule has 1 aromatic heterocycles. The van der Waals surface area contributed by atoms with Crippen LogP contribution in [0.15, 0.2) is 16.9 Å². The van der Waals surface area contributed by atoms with Crippen LogP contribution >= 0.6 is 0 Å². The first-order valence-electron chi connectivity index (χ1n) is 6.44. The van der Waals surface area contributed by atoms with Gasteiger partial charge in [-0.25, -0.2) is 9.59 Å². The summed E-state index contributed by atoms with van der Waals surface area (Å²) in [7, 11) is 3.32. The molecule has 0 spiro atoms. The van der Waals surface area contributed by atoms with Gasteiger partial charge in [-0.1, -0.05) is 0 Å². The van der Waals surface area contributed by atoms with Crippen LogP contribution in [-0.2, 0) is 9.47 Å². The summed E-state index contributed by atoms with van der Waals surface area (Å²) in [5.74, 6) is -2.16. The van der Waals surface area contributed by atoms with Crippen LogP contribution in [0.25, 0.3) is 10.9 Å². The highest BCUT2D eigenvalue weighted by atomic mass is 16.6. The third-order valence-electron chi connectivity index (χ3n) is 3.28. The number of esters is 2. The Morgan fingerprint density at radius 3 is 2.25 bits per heavy atom. The predicted molar refractivity (Wildman–Crippen MR) is 80.5 cm³/mol. The van der Waals surface area contributed by atoms with Crippen LogP contribution in [0.3, 0.4) is 0 Å². The first kappa shape index (κ1) is 16.9. The Labute approximate surface area is 134 Å². The van der Waals surface area contributed by atoms with Gasteiger partial charge in [-0.05, 0) is 0 Å². The molecule has 0 aliphatic heterocycles. The van der Waals surface area contributed by atoms with E-state index in [1.807, 2.05) is 0 Å². The number of pyridine rings is 1. The fourth-order valence-electron chi connectivity index (χ4n) is 2.16. The Bertz CT molecular complexity index is 915. The highest BCUT2D eigenvalue weighted by Gasteiger charge is 2.27. The molecule has 1 aromatic carbocycles. The summed E-state index contributed by atoms with van der Waals surface area (Å²) in [5, 5.41) is 10.9. The summed E-state index contributed by atoms with van der Waals surface area (Å²) in [5.41, 5.74) is -2.32. The van der Waals surface area contributed by atoms with E-state index in [0.29, 0.717) is 0 Å². The predicted octanol–water partition coefficient (Wildman–Crippen LogP) is 1.02. The van der Waals surface area contributed by atoms with E-state index in [9.17, 15) is 24.5 Å². The number of H-pyrrole nitrogens is 1. The average Bonchev–Trinajstić information content (AvgIpc) is 2.58. The summed E-state index contributed by atoms with van der Waals surface area (Å²) >= 11 is 0. The molecule has 0 saturated carbocycles. The summed E-state index contributed by atoms with van der Waals surface area (Å²) in [6, 6.07) is 2.14. The fraction of sp³-hybridized carbons (Fsp3) is 0.214. The molecule has 10 heteroatoms. The molecule has 1 N–H and O–H groups in total. The Hall–Kier alpha value is -3.43. The lowest BCUT2D eigenvalue weighted by Crippen LogP contribution is -2.24. The lowest BCUT2D eigenvalue weighted by atomic mass is 10.1. The zero-order valence-corrected chi connectivity index (χ0v) is 12.9. The summed E-state index contributed by atoms with van der Waals surface area (Å²) in [4.78, 5) is 49.2. The number of nitro groups is 1. The lowest BCUT2D eigenvalue weighted by Gasteiger charge is -2.09. The number of aromatic nitrogens is 1. The monoisotopic (exact) mass is 336 g/mol. The molecule has 0 unspecified atom stereocenters. The maximum Gasteiger partial charge on any atom is 0.355 e. The largest absolute Gasteiger partial charge is 0.490 e. The first-order valence-corrected chi connectivity index (χ1v) is 6.44. The van der Waals surface area contributed by atoms with E-state index in [4.69, 9.17) is 4.74 Å². The summed E-state index contributed by atoms with van der Waals surface area (Å²) in [6.07, 6.45) is 0. The van der Waals surface area contributed by atoms with Crippen LogP contribution < -0.4 is 10.2 Å². The topological polar surface area (TPSA) is 138 Å². The number of aromatic amines is 1. The van der Waals surface area contributed by atoms with Gasteiger partial charge in [0.05, 0.1) is 37.2 Å². The third-order valence-corrected chi connectivity index (χ3v) is 3.28. The van der Waals surface area contributed by atoms with Crippen LogP contribution in [-0.4, -0.2) is 43.2 Å². The Morgan fingerprint density at radius 2 is 1.75 bits per heavy atom. The smallest absolute Gasteiger partial charge is 0.355 e. The fourth-order valence-corrected chi connectivity index (χ4v) is 2.16. The average molecular weight is 336 g/mol. The quantitative estimate of drug-likeness (QED) is 0.496. The number of hydrogen-bond acceptors (Lipinski definition) is 8. The van der Waals surface area contributed by atoms with Crippen LogP contribution in [0, 0.1) is 10.1 Å². The number of methoxy groups -OCH3 is 3. The van der Waals surface area contributed by atoms with Crippen LogP contribution in [0.1, 0.15) is 20.8 Å². The van der Waals surface area contributed by atoms with E-state index >= 15 is 0 Å². The number of carbonyl (C=O) groups excluding carboxylic acids is 2. The van der Waals surface area contributed by atoms with E-state index < -0.39 is 39.2 Å². The number of benzene rings is 1. The van der Waals surface area contributed by atoms with E-state index in [2.05, 4.69) is 14.5 Å². The van der Waals surface area contributed by atoms with E-state index in [1.165, 1.54) is 13.2 Å². The van der Waals surface area contributed by atoms with Gasteiger partial charge in [0.1, 0.15) is 11.3 Å². The van der Waals surface area contributed by atoms with Gasteiger partial charge in [-0.3, -0.25) is 14.9 Å². The van der Waals surface area contributed by atoms with Crippen molar-refractivity contribution in [3.63, 3.8) is 0 Å². The number of carbonyl (C=O) groups is 2. The van der Waals surface area contributed by atoms with Crippen molar-refractivity contribution in [3.8, 4) is 5.75 Å². The highest BCUT2D eigenvalue weighted by Crippen LogP contribution is 2.30. The van der Waals surface area contributed by atoms with Gasteiger partial charge in [-0.15, -0.1) is 0 Å². The molecular formula is C14H12N2O8. The minimum absolute atomic E-state index is 0.0653. The SMILES string of the molecule is COC(=O)c1[nH]c2cc(OC)c([N+](=O)[O-])cc2c(=O)c1C(=O)OC.